The maximum absolute atomic E-state index is 12.9. The largest absolute Gasteiger partial charge is 0.507 e. The number of hydrogen-bond acceptors (Lipinski definition) is 7. The van der Waals surface area contributed by atoms with E-state index in [2.05, 4.69) is 15.0 Å². The van der Waals surface area contributed by atoms with Crippen LogP contribution < -0.4 is 0 Å². The fraction of sp³-hybridized carbons (Fsp3) is 0.381. The molecule has 8 heteroatoms. The van der Waals surface area contributed by atoms with Crippen LogP contribution in [0.25, 0.3) is 5.76 Å². The van der Waals surface area contributed by atoms with Crippen molar-refractivity contribution in [1.82, 2.24) is 24.8 Å². The van der Waals surface area contributed by atoms with E-state index in [4.69, 9.17) is 0 Å². The quantitative estimate of drug-likeness (QED) is 0.453. The first-order valence-corrected chi connectivity index (χ1v) is 9.46. The number of Topliss-reactive ketones (excluding diaryl/α,β-unsaturated/α-hetero) is 1. The summed E-state index contributed by atoms with van der Waals surface area (Å²) in [5.74, 6) is -1.06. The molecule has 1 aliphatic heterocycles. The van der Waals surface area contributed by atoms with Crippen LogP contribution in [0.5, 0.6) is 0 Å². The van der Waals surface area contributed by atoms with Crippen LogP contribution in [0.4, 0.5) is 0 Å². The molecule has 0 aliphatic carbocycles. The lowest BCUT2D eigenvalue weighted by Crippen LogP contribution is -2.32. The molecular weight excluding hydrogens is 370 g/mol. The summed E-state index contributed by atoms with van der Waals surface area (Å²) in [6.45, 7) is 4.62. The maximum atomic E-state index is 12.9. The number of aromatic nitrogens is 3. The number of hydrogen-bond donors (Lipinski definition) is 1. The van der Waals surface area contributed by atoms with Gasteiger partial charge >= 0.3 is 0 Å². The van der Waals surface area contributed by atoms with Gasteiger partial charge < -0.3 is 14.9 Å². The van der Waals surface area contributed by atoms with Gasteiger partial charge in [-0.15, -0.1) is 0 Å². The van der Waals surface area contributed by atoms with E-state index < -0.39 is 17.7 Å². The Bertz CT molecular complexity index is 956. The lowest BCUT2D eigenvalue weighted by molar-refractivity contribution is -0.140. The highest BCUT2D eigenvalue weighted by Crippen LogP contribution is 2.38. The van der Waals surface area contributed by atoms with Gasteiger partial charge in [0.2, 0.25) is 0 Å². The zero-order valence-electron chi connectivity index (χ0n) is 17.1. The van der Waals surface area contributed by atoms with E-state index in [-0.39, 0.29) is 11.3 Å². The molecule has 29 heavy (non-hydrogen) atoms. The molecule has 0 saturated carbocycles. The number of aryl methyl sites for hydroxylation is 2. The van der Waals surface area contributed by atoms with E-state index in [1.165, 1.54) is 11.1 Å². The van der Waals surface area contributed by atoms with Crippen LogP contribution in [0, 0.1) is 13.8 Å². The van der Waals surface area contributed by atoms with Crippen molar-refractivity contribution >= 4 is 17.4 Å². The molecule has 0 aromatic carbocycles. The standard InChI is InChI=1S/C21H25N5O3/c1-13-15(12-23-14(2)24-13)19(27)17-18(16-8-5-6-9-22-16)26(21(29)20(17)28)11-7-10-25(3)4/h5-6,8-9,12,18,27H,7,10-11H2,1-4H3/b19-17+/t18-/m0/s1. The van der Waals surface area contributed by atoms with Crippen LogP contribution >= 0.6 is 0 Å². The predicted octanol–water partition coefficient (Wildman–Crippen LogP) is 1.86. The monoisotopic (exact) mass is 395 g/mol. The number of pyridine rings is 1. The summed E-state index contributed by atoms with van der Waals surface area (Å²) in [6.07, 6.45) is 3.77. The molecule has 152 valence electrons. The minimum absolute atomic E-state index is 0.0223. The lowest BCUT2D eigenvalue weighted by atomic mass is 9.98. The van der Waals surface area contributed by atoms with Gasteiger partial charge in [-0.05, 0) is 53.0 Å². The average molecular weight is 395 g/mol. The Kier molecular flexibility index (Phi) is 6.03. The Labute approximate surface area is 169 Å². The summed E-state index contributed by atoms with van der Waals surface area (Å²) in [6, 6.07) is 4.56. The normalized spacial score (nSPS) is 18.7. The molecule has 8 nitrogen and oxygen atoms in total. The van der Waals surface area contributed by atoms with Crippen LogP contribution in [0.3, 0.4) is 0 Å². The lowest BCUT2D eigenvalue weighted by Gasteiger charge is -2.25. The second kappa shape index (κ2) is 8.48. The molecule has 1 amide bonds. The molecule has 0 bridgehead atoms. The van der Waals surface area contributed by atoms with Gasteiger partial charge in [0.05, 0.1) is 22.5 Å². The van der Waals surface area contributed by atoms with Crippen LogP contribution in [0.1, 0.15) is 35.2 Å². The summed E-state index contributed by atoms with van der Waals surface area (Å²) in [5, 5.41) is 11.0. The molecule has 2 aromatic heterocycles. The molecule has 0 radical (unpaired) electrons. The van der Waals surface area contributed by atoms with Gasteiger partial charge in [0.1, 0.15) is 17.6 Å². The van der Waals surface area contributed by atoms with E-state index in [0.29, 0.717) is 35.7 Å². The number of amides is 1. The van der Waals surface area contributed by atoms with Crippen molar-refractivity contribution in [3.63, 3.8) is 0 Å². The van der Waals surface area contributed by atoms with E-state index in [1.807, 2.05) is 19.0 Å². The van der Waals surface area contributed by atoms with Gasteiger partial charge in [-0.3, -0.25) is 14.6 Å². The minimum atomic E-state index is -0.751. The molecule has 2 aromatic rings. The number of likely N-dealkylation sites (tertiary alicyclic amines) is 1. The number of rotatable bonds is 6. The molecule has 1 N–H and O–H groups in total. The zero-order chi connectivity index (χ0) is 21.1. The number of aliphatic hydroxyl groups excluding tert-OH is 1. The van der Waals surface area contributed by atoms with Gasteiger partial charge in [0, 0.05) is 18.9 Å². The number of carbonyl (C=O) groups is 2. The molecule has 1 atom stereocenters. The summed E-state index contributed by atoms with van der Waals surface area (Å²) in [7, 11) is 3.90. The van der Waals surface area contributed by atoms with Crippen molar-refractivity contribution in [2.24, 2.45) is 0 Å². The second-order valence-corrected chi connectivity index (χ2v) is 7.32. The predicted molar refractivity (Wildman–Crippen MR) is 108 cm³/mol. The van der Waals surface area contributed by atoms with E-state index in [9.17, 15) is 14.7 Å². The average Bonchev–Trinajstić information content (AvgIpc) is 2.93. The molecule has 1 fully saturated rings. The van der Waals surface area contributed by atoms with Crippen molar-refractivity contribution in [2.45, 2.75) is 26.3 Å². The molecule has 3 rings (SSSR count). The Morgan fingerprint density at radius 3 is 2.59 bits per heavy atom. The summed E-state index contributed by atoms with van der Waals surface area (Å²) in [5.41, 5.74) is 1.43. The van der Waals surface area contributed by atoms with E-state index >= 15 is 0 Å². The third-order valence-corrected chi connectivity index (χ3v) is 4.87. The van der Waals surface area contributed by atoms with Crippen molar-refractivity contribution in [3.05, 3.63) is 58.9 Å². The highest BCUT2D eigenvalue weighted by Gasteiger charge is 2.46. The molecule has 1 aliphatic rings. The fourth-order valence-corrected chi connectivity index (χ4v) is 3.47. The van der Waals surface area contributed by atoms with Crippen molar-refractivity contribution in [3.8, 4) is 0 Å². The number of ketones is 1. The highest BCUT2D eigenvalue weighted by atomic mass is 16.3. The summed E-state index contributed by atoms with van der Waals surface area (Å²) >= 11 is 0. The number of carbonyl (C=O) groups excluding carboxylic acids is 2. The van der Waals surface area contributed by atoms with Crippen molar-refractivity contribution in [2.75, 3.05) is 27.2 Å². The smallest absolute Gasteiger partial charge is 0.295 e. The Balaban J connectivity index is 2.10. The fourth-order valence-electron chi connectivity index (χ4n) is 3.47. The Hall–Kier alpha value is -3.13. The molecule has 3 heterocycles. The third kappa shape index (κ3) is 4.17. The van der Waals surface area contributed by atoms with Gasteiger partial charge in [-0.25, -0.2) is 9.97 Å². The zero-order valence-corrected chi connectivity index (χ0v) is 17.1. The van der Waals surface area contributed by atoms with Gasteiger partial charge in [-0.2, -0.15) is 0 Å². The minimum Gasteiger partial charge on any atom is -0.507 e. The molecule has 1 saturated heterocycles. The molecule has 0 spiro atoms. The first-order chi connectivity index (χ1) is 13.8. The van der Waals surface area contributed by atoms with Gasteiger partial charge in [0.15, 0.2) is 0 Å². The first-order valence-electron chi connectivity index (χ1n) is 9.46. The van der Waals surface area contributed by atoms with Crippen LogP contribution in [0.15, 0.2) is 36.2 Å². The maximum Gasteiger partial charge on any atom is 0.295 e. The molecular formula is C21H25N5O3. The highest BCUT2D eigenvalue weighted by molar-refractivity contribution is 6.46. The molecule has 0 unspecified atom stereocenters. The first kappa shape index (κ1) is 20.6. The SMILES string of the molecule is Cc1ncc(/C(O)=C2\C(=O)C(=O)N(CCCN(C)C)[C@H]2c2ccccn2)c(C)n1. The Morgan fingerprint density at radius 2 is 1.97 bits per heavy atom. The van der Waals surface area contributed by atoms with Gasteiger partial charge in [-0.1, -0.05) is 6.07 Å². The van der Waals surface area contributed by atoms with Crippen LogP contribution in [-0.4, -0.2) is 68.7 Å². The van der Waals surface area contributed by atoms with Crippen molar-refractivity contribution < 1.29 is 14.7 Å². The van der Waals surface area contributed by atoms with Crippen molar-refractivity contribution in [1.29, 1.82) is 0 Å². The van der Waals surface area contributed by atoms with E-state index in [1.54, 1.807) is 38.2 Å². The Morgan fingerprint density at radius 1 is 1.21 bits per heavy atom. The number of nitrogens with zero attached hydrogens (tertiary/aromatic N) is 5. The van der Waals surface area contributed by atoms with Crippen LogP contribution in [0.2, 0.25) is 0 Å². The third-order valence-electron chi connectivity index (χ3n) is 4.87. The summed E-state index contributed by atoms with van der Waals surface area (Å²) < 4.78 is 0. The van der Waals surface area contributed by atoms with Gasteiger partial charge in [0.25, 0.3) is 11.7 Å². The van der Waals surface area contributed by atoms with Crippen LogP contribution in [-0.2, 0) is 9.59 Å². The van der Waals surface area contributed by atoms with E-state index in [0.717, 1.165) is 6.54 Å². The second-order valence-electron chi connectivity index (χ2n) is 7.32. The topological polar surface area (TPSA) is 99.5 Å². The number of aliphatic hydroxyl groups is 1. The summed E-state index contributed by atoms with van der Waals surface area (Å²) in [4.78, 5) is 42.0.